The first kappa shape index (κ1) is 15.4. The summed E-state index contributed by atoms with van der Waals surface area (Å²) in [4.78, 5) is 27.2. The summed E-state index contributed by atoms with van der Waals surface area (Å²) in [5, 5.41) is 9.17. The van der Waals surface area contributed by atoms with Gasteiger partial charge in [-0.1, -0.05) is 5.16 Å². The second-order valence-corrected chi connectivity index (χ2v) is 5.03. The van der Waals surface area contributed by atoms with Gasteiger partial charge in [-0.3, -0.25) is 19.9 Å². The van der Waals surface area contributed by atoms with Crippen LogP contribution in [0.1, 0.15) is 17.3 Å². The summed E-state index contributed by atoms with van der Waals surface area (Å²) in [6, 6.07) is 11.8. The van der Waals surface area contributed by atoms with E-state index in [2.05, 4.69) is 20.8 Å². The number of hydrogen-bond donors (Lipinski definition) is 2. The molecule has 7 heteroatoms. The number of carbonyl (C=O) groups is 2. The first-order valence-corrected chi connectivity index (χ1v) is 7.18. The first-order valence-electron chi connectivity index (χ1n) is 7.18. The molecule has 2 heterocycles. The van der Waals surface area contributed by atoms with Crippen LogP contribution in [0.3, 0.4) is 0 Å². The Morgan fingerprint density at radius 2 is 1.88 bits per heavy atom. The van der Waals surface area contributed by atoms with E-state index >= 15 is 0 Å². The van der Waals surface area contributed by atoms with Crippen LogP contribution in [0, 0.1) is 0 Å². The van der Waals surface area contributed by atoms with E-state index in [1.807, 2.05) is 6.07 Å². The van der Waals surface area contributed by atoms with Crippen LogP contribution < -0.4 is 10.6 Å². The lowest BCUT2D eigenvalue weighted by atomic mass is 10.2. The normalized spacial score (nSPS) is 10.2. The van der Waals surface area contributed by atoms with Gasteiger partial charge in [-0.2, -0.15) is 0 Å². The molecule has 0 saturated heterocycles. The summed E-state index contributed by atoms with van der Waals surface area (Å²) < 4.78 is 5.12. The van der Waals surface area contributed by atoms with Crippen molar-refractivity contribution >= 4 is 23.4 Å². The zero-order valence-corrected chi connectivity index (χ0v) is 12.8. The summed E-state index contributed by atoms with van der Waals surface area (Å²) in [7, 11) is 0. The number of amides is 2. The van der Waals surface area contributed by atoms with E-state index in [4.69, 9.17) is 4.52 Å². The van der Waals surface area contributed by atoms with Gasteiger partial charge in [0.05, 0.1) is 0 Å². The Kier molecular flexibility index (Phi) is 4.33. The summed E-state index contributed by atoms with van der Waals surface area (Å²) >= 11 is 0. The molecule has 0 atom stereocenters. The van der Waals surface area contributed by atoms with Gasteiger partial charge in [-0.05, 0) is 36.4 Å². The highest BCUT2D eigenvalue weighted by Crippen LogP contribution is 2.21. The third-order valence-electron chi connectivity index (χ3n) is 3.17. The lowest BCUT2D eigenvalue weighted by Gasteiger charge is -2.04. The molecule has 2 aromatic heterocycles. The molecular formula is C17H14N4O3. The van der Waals surface area contributed by atoms with Gasteiger partial charge in [0, 0.05) is 42.2 Å². The highest BCUT2D eigenvalue weighted by molar-refractivity contribution is 6.04. The number of nitrogens with one attached hydrogen (secondary N) is 2. The summed E-state index contributed by atoms with van der Waals surface area (Å²) in [6.45, 7) is 1.42. The summed E-state index contributed by atoms with van der Waals surface area (Å²) in [6.07, 6.45) is 3.32. The van der Waals surface area contributed by atoms with Crippen molar-refractivity contribution in [3.63, 3.8) is 0 Å². The Hall–Kier alpha value is -3.48. The van der Waals surface area contributed by atoms with Crippen LogP contribution in [0.5, 0.6) is 0 Å². The van der Waals surface area contributed by atoms with E-state index < -0.39 is 0 Å². The number of benzene rings is 1. The fourth-order valence-electron chi connectivity index (χ4n) is 2.08. The molecule has 3 aromatic rings. The van der Waals surface area contributed by atoms with Crippen molar-refractivity contribution in [1.29, 1.82) is 0 Å². The highest BCUT2D eigenvalue weighted by Gasteiger charge is 2.11. The predicted octanol–water partition coefficient (Wildman–Crippen LogP) is 2.95. The maximum atomic E-state index is 12.2. The molecule has 7 nitrogen and oxygen atoms in total. The zero-order chi connectivity index (χ0) is 16.9. The van der Waals surface area contributed by atoms with Gasteiger partial charge in [0.15, 0.2) is 0 Å². The van der Waals surface area contributed by atoms with Gasteiger partial charge in [-0.15, -0.1) is 0 Å². The number of hydrogen-bond acceptors (Lipinski definition) is 5. The average molecular weight is 322 g/mol. The Bertz CT molecular complexity index is 857. The highest BCUT2D eigenvalue weighted by atomic mass is 16.5. The molecule has 0 bridgehead atoms. The molecule has 3 rings (SSSR count). The van der Waals surface area contributed by atoms with Crippen LogP contribution in [-0.2, 0) is 4.79 Å². The molecule has 0 saturated carbocycles. The third kappa shape index (κ3) is 3.64. The monoisotopic (exact) mass is 322 g/mol. The van der Waals surface area contributed by atoms with E-state index in [0.29, 0.717) is 16.9 Å². The lowest BCUT2D eigenvalue weighted by molar-refractivity contribution is -0.114. The maximum Gasteiger partial charge on any atom is 0.258 e. The molecule has 120 valence electrons. The Morgan fingerprint density at radius 1 is 1.08 bits per heavy atom. The molecule has 0 unspecified atom stereocenters. The van der Waals surface area contributed by atoms with Crippen molar-refractivity contribution in [2.75, 3.05) is 10.6 Å². The van der Waals surface area contributed by atoms with E-state index in [1.165, 1.54) is 6.92 Å². The van der Waals surface area contributed by atoms with Crippen LogP contribution in [0.15, 0.2) is 59.4 Å². The quantitative estimate of drug-likeness (QED) is 0.769. The number of rotatable bonds is 4. The standard InChI is InChI=1S/C17H14N4O3/c1-11(22)19-14-6-4-12(5-7-14)17(23)20-16-9-15(21-24-16)13-3-2-8-18-10-13/h2-10H,1H3,(H,19,22)(H,20,23). The minimum atomic E-state index is -0.335. The summed E-state index contributed by atoms with van der Waals surface area (Å²) in [5.41, 5.74) is 2.43. The second-order valence-electron chi connectivity index (χ2n) is 5.03. The Morgan fingerprint density at radius 3 is 2.54 bits per heavy atom. The van der Waals surface area contributed by atoms with Gasteiger partial charge < -0.3 is 9.84 Å². The minimum absolute atomic E-state index is 0.170. The van der Waals surface area contributed by atoms with Crippen molar-refractivity contribution in [3.8, 4) is 11.3 Å². The zero-order valence-electron chi connectivity index (χ0n) is 12.8. The average Bonchev–Trinajstić information content (AvgIpc) is 3.04. The van der Waals surface area contributed by atoms with Crippen molar-refractivity contribution < 1.29 is 14.1 Å². The van der Waals surface area contributed by atoms with Gasteiger partial charge >= 0.3 is 0 Å². The molecule has 1 aromatic carbocycles. The molecule has 24 heavy (non-hydrogen) atoms. The van der Waals surface area contributed by atoms with Gasteiger partial charge in [0.1, 0.15) is 5.69 Å². The molecule has 0 fully saturated rings. The topological polar surface area (TPSA) is 97.1 Å². The number of pyridine rings is 1. The molecule has 0 radical (unpaired) electrons. The maximum absolute atomic E-state index is 12.2. The smallest absolute Gasteiger partial charge is 0.258 e. The molecule has 2 N–H and O–H groups in total. The Labute approximate surface area is 137 Å². The van der Waals surface area contributed by atoms with E-state index in [-0.39, 0.29) is 17.7 Å². The van der Waals surface area contributed by atoms with Crippen molar-refractivity contribution in [2.24, 2.45) is 0 Å². The van der Waals surface area contributed by atoms with E-state index in [0.717, 1.165) is 5.56 Å². The molecule has 0 aliphatic carbocycles. The van der Waals surface area contributed by atoms with Crippen LogP contribution in [0.4, 0.5) is 11.6 Å². The van der Waals surface area contributed by atoms with Gasteiger partial charge in [-0.25, -0.2) is 0 Å². The van der Waals surface area contributed by atoms with Crippen LogP contribution >= 0.6 is 0 Å². The minimum Gasteiger partial charge on any atom is -0.338 e. The van der Waals surface area contributed by atoms with Crippen LogP contribution in [-0.4, -0.2) is 22.0 Å². The number of nitrogens with zero attached hydrogens (tertiary/aromatic N) is 2. The molecule has 0 aliphatic rings. The fraction of sp³-hybridized carbons (Fsp3) is 0.0588. The fourth-order valence-corrected chi connectivity index (χ4v) is 2.08. The van der Waals surface area contributed by atoms with E-state index in [9.17, 15) is 9.59 Å². The lowest BCUT2D eigenvalue weighted by Crippen LogP contribution is -2.11. The summed E-state index contributed by atoms with van der Waals surface area (Å²) in [5.74, 6) is -0.264. The second kappa shape index (κ2) is 6.74. The molecule has 0 spiro atoms. The Balaban J connectivity index is 1.69. The molecular weight excluding hydrogens is 308 g/mol. The molecule has 0 aliphatic heterocycles. The number of carbonyl (C=O) groups excluding carboxylic acids is 2. The van der Waals surface area contributed by atoms with Gasteiger partial charge in [0.2, 0.25) is 11.8 Å². The first-order chi connectivity index (χ1) is 11.6. The van der Waals surface area contributed by atoms with Crippen molar-refractivity contribution in [3.05, 3.63) is 60.4 Å². The van der Waals surface area contributed by atoms with Gasteiger partial charge in [0.25, 0.3) is 5.91 Å². The van der Waals surface area contributed by atoms with Crippen LogP contribution in [0.2, 0.25) is 0 Å². The van der Waals surface area contributed by atoms with Crippen molar-refractivity contribution in [1.82, 2.24) is 10.1 Å². The third-order valence-corrected chi connectivity index (χ3v) is 3.17. The van der Waals surface area contributed by atoms with E-state index in [1.54, 1.807) is 48.8 Å². The molecule has 2 amide bonds. The van der Waals surface area contributed by atoms with Crippen LogP contribution in [0.25, 0.3) is 11.3 Å². The number of anilines is 2. The SMILES string of the molecule is CC(=O)Nc1ccc(C(=O)Nc2cc(-c3cccnc3)no2)cc1. The number of aromatic nitrogens is 2. The predicted molar refractivity (Wildman–Crippen MR) is 88.4 cm³/mol. The largest absolute Gasteiger partial charge is 0.338 e. The van der Waals surface area contributed by atoms with Crippen molar-refractivity contribution in [2.45, 2.75) is 6.92 Å².